The molecule has 0 N–H and O–H groups in total. The van der Waals surface area contributed by atoms with Crippen molar-refractivity contribution in [3.8, 4) is 0 Å². The molecule has 0 aromatic heterocycles. The number of benzene rings is 2. The minimum absolute atomic E-state index is 0.0111. The fraction of sp³-hybridized carbons (Fsp3) is 0.536. The molecule has 1 amide bonds. The number of hydrogen-bond acceptors (Lipinski definition) is 4. The third kappa shape index (κ3) is 5.32. The van der Waals surface area contributed by atoms with E-state index in [0.29, 0.717) is 19.1 Å². The van der Waals surface area contributed by atoms with Gasteiger partial charge in [-0.25, -0.2) is 0 Å². The Labute approximate surface area is 198 Å². The Balaban J connectivity index is 1.16. The Morgan fingerprint density at radius 3 is 2.30 bits per heavy atom. The lowest BCUT2D eigenvalue weighted by Crippen LogP contribution is -2.68. The molecule has 176 valence electrons. The van der Waals surface area contributed by atoms with E-state index in [1.165, 1.54) is 24.1 Å². The Hall–Kier alpha value is -2.21. The summed E-state index contributed by atoms with van der Waals surface area (Å²) in [6, 6.07) is 21.7. The summed E-state index contributed by atoms with van der Waals surface area (Å²) in [6.45, 7) is 7.02. The quantitative estimate of drug-likeness (QED) is 0.650. The first kappa shape index (κ1) is 22.6. The van der Waals surface area contributed by atoms with Gasteiger partial charge in [-0.3, -0.25) is 9.69 Å². The summed E-state index contributed by atoms with van der Waals surface area (Å²) in [5.41, 5.74) is 2.63. The van der Waals surface area contributed by atoms with Crippen molar-refractivity contribution in [3.63, 3.8) is 0 Å². The molecule has 3 saturated heterocycles. The van der Waals surface area contributed by atoms with Crippen molar-refractivity contribution in [2.24, 2.45) is 0 Å². The average Bonchev–Trinajstić information content (AvgIpc) is 3.32. The fourth-order valence-corrected chi connectivity index (χ4v) is 5.97. The third-order valence-electron chi connectivity index (χ3n) is 7.83. The molecule has 5 heteroatoms. The molecule has 2 aromatic rings. The van der Waals surface area contributed by atoms with Gasteiger partial charge in [-0.2, -0.15) is 0 Å². The maximum atomic E-state index is 13.2. The smallest absolute Gasteiger partial charge is 0.237 e. The van der Waals surface area contributed by atoms with E-state index in [0.717, 1.165) is 58.5 Å². The van der Waals surface area contributed by atoms with Gasteiger partial charge in [-0.05, 0) is 62.9 Å². The molecule has 3 aliphatic rings. The largest absolute Gasteiger partial charge is 0.379 e. The second kappa shape index (κ2) is 10.4. The molecule has 0 aliphatic carbocycles. The highest BCUT2D eigenvalue weighted by atomic mass is 16.5. The molecular formula is C28H37N3O2. The summed E-state index contributed by atoms with van der Waals surface area (Å²) in [5.74, 6) is 0.265. The molecule has 33 heavy (non-hydrogen) atoms. The van der Waals surface area contributed by atoms with Gasteiger partial charge in [0.2, 0.25) is 5.91 Å². The van der Waals surface area contributed by atoms with Crippen LogP contribution in [0.2, 0.25) is 0 Å². The number of piperidine rings is 1. The number of aryl methyl sites for hydroxylation is 1. The van der Waals surface area contributed by atoms with E-state index in [1.54, 1.807) is 0 Å². The first-order valence-corrected chi connectivity index (χ1v) is 12.6. The van der Waals surface area contributed by atoms with Crippen LogP contribution in [0.4, 0.5) is 0 Å². The van der Waals surface area contributed by atoms with Gasteiger partial charge in [0.25, 0.3) is 0 Å². The summed E-state index contributed by atoms with van der Waals surface area (Å²) < 4.78 is 5.92. The first-order valence-electron chi connectivity index (χ1n) is 12.6. The van der Waals surface area contributed by atoms with E-state index in [1.807, 2.05) is 6.07 Å². The summed E-state index contributed by atoms with van der Waals surface area (Å²) in [7, 11) is 0. The summed E-state index contributed by atoms with van der Waals surface area (Å²) in [5, 5.41) is 0. The van der Waals surface area contributed by atoms with E-state index in [2.05, 4.69) is 69.3 Å². The van der Waals surface area contributed by atoms with Crippen LogP contribution in [-0.2, 0) is 22.5 Å². The minimum Gasteiger partial charge on any atom is -0.379 e. The van der Waals surface area contributed by atoms with Gasteiger partial charge >= 0.3 is 0 Å². The van der Waals surface area contributed by atoms with Crippen molar-refractivity contribution in [1.82, 2.24) is 14.7 Å². The van der Waals surface area contributed by atoms with Crippen LogP contribution in [0.3, 0.4) is 0 Å². The van der Waals surface area contributed by atoms with Crippen LogP contribution in [0.25, 0.3) is 0 Å². The normalized spacial score (nSPS) is 25.2. The molecule has 3 fully saturated rings. The zero-order valence-electron chi connectivity index (χ0n) is 19.7. The predicted molar refractivity (Wildman–Crippen MR) is 131 cm³/mol. The second-order valence-corrected chi connectivity index (χ2v) is 10.1. The lowest BCUT2D eigenvalue weighted by Gasteiger charge is -2.52. The van der Waals surface area contributed by atoms with Gasteiger partial charge in [0.1, 0.15) is 0 Å². The van der Waals surface area contributed by atoms with E-state index in [4.69, 9.17) is 4.74 Å². The number of amides is 1. The maximum absolute atomic E-state index is 13.2. The highest BCUT2D eigenvalue weighted by Gasteiger charge is 2.49. The topological polar surface area (TPSA) is 36.0 Å². The standard InChI is InChI=1S/C28H37N3O2/c32-27-21-31(26-13-17-29(18-14-26)16-7-12-24-8-3-1-4-9-24)28(15-19-33-23-28)22-30(27)20-25-10-5-2-6-11-25/h1-6,8-11,26H,7,12-23H2. The lowest BCUT2D eigenvalue weighted by molar-refractivity contribution is -0.148. The van der Waals surface area contributed by atoms with Gasteiger partial charge in [0, 0.05) is 25.7 Å². The molecule has 5 rings (SSSR count). The molecule has 3 heterocycles. The summed E-state index contributed by atoms with van der Waals surface area (Å²) in [4.78, 5) is 20.4. The summed E-state index contributed by atoms with van der Waals surface area (Å²) in [6.07, 6.45) is 5.70. The molecule has 0 radical (unpaired) electrons. The molecule has 1 unspecified atom stereocenters. The van der Waals surface area contributed by atoms with E-state index in [-0.39, 0.29) is 11.4 Å². The minimum atomic E-state index is -0.0111. The van der Waals surface area contributed by atoms with Crippen molar-refractivity contribution >= 4 is 5.91 Å². The average molecular weight is 448 g/mol. The van der Waals surface area contributed by atoms with Crippen molar-refractivity contribution in [3.05, 3.63) is 71.8 Å². The molecule has 0 saturated carbocycles. The molecule has 1 atom stereocenters. The van der Waals surface area contributed by atoms with E-state index < -0.39 is 0 Å². The monoisotopic (exact) mass is 447 g/mol. The van der Waals surface area contributed by atoms with Crippen LogP contribution in [0.5, 0.6) is 0 Å². The predicted octanol–water partition coefficient (Wildman–Crippen LogP) is 3.59. The fourth-order valence-electron chi connectivity index (χ4n) is 5.97. The molecular weight excluding hydrogens is 410 g/mol. The second-order valence-electron chi connectivity index (χ2n) is 10.1. The van der Waals surface area contributed by atoms with Gasteiger partial charge in [-0.1, -0.05) is 60.7 Å². The van der Waals surface area contributed by atoms with Crippen molar-refractivity contribution in [2.75, 3.05) is 45.9 Å². The SMILES string of the molecule is O=C1CN(C2CCN(CCCc3ccccc3)CC2)C2(CCOC2)CN1Cc1ccccc1. The Bertz CT molecular complexity index is 890. The van der Waals surface area contributed by atoms with Crippen LogP contribution < -0.4 is 0 Å². The number of hydrogen-bond donors (Lipinski definition) is 0. The number of carbonyl (C=O) groups excluding carboxylic acids is 1. The van der Waals surface area contributed by atoms with Gasteiger partial charge in [-0.15, -0.1) is 0 Å². The molecule has 5 nitrogen and oxygen atoms in total. The Morgan fingerprint density at radius 2 is 1.64 bits per heavy atom. The van der Waals surface area contributed by atoms with Crippen LogP contribution in [-0.4, -0.2) is 78.1 Å². The lowest BCUT2D eigenvalue weighted by atomic mass is 9.88. The number of likely N-dealkylation sites (tertiary alicyclic amines) is 1. The first-order chi connectivity index (χ1) is 16.2. The number of rotatable bonds is 7. The van der Waals surface area contributed by atoms with Gasteiger partial charge < -0.3 is 14.5 Å². The van der Waals surface area contributed by atoms with Gasteiger partial charge in [0.15, 0.2) is 0 Å². The maximum Gasteiger partial charge on any atom is 0.237 e. The van der Waals surface area contributed by atoms with E-state index in [9.17, 15) is 4.79 Å². The molecule has 3 aliphatic heterocycles. The molecule has 2 aromatic carbocycles. The number of piperazine rings is 1. The third-order valence-corrected chi connectivity index (χ3v) is 7.83. The van der Waals surface area contributed by atoms with Crippen LogP contribution >= 0.6 is 0 Å². The highest BCUT2D eigenvalue weighted by Crippen LogP contribution is 2.35. The van der Waals surface area contributed by atoms with Crippen LogP contribution in [0, 0.1) is 0 Å². The van der Waals surface area contributed by atoms with Gasteiger partial charge in [0.05, 0.1) is 18.7 Å². The van der Waals surface area contributed by atoms with E-state index >= 15 is 0 Å². The summed E-state index contributed by atoms with van der Waals surface area (Å²) >= 11 is 0. The highest BCUT2D eigenvalue weighted by molar-refractivity contribution is 5.79. The van der Waals surface area contributed by atoms with Crippen LogP contribution in [0.15, 0.2) is 60.7 Å². The van der Waals surface area contributed by atoms with Crippen molar-refractivity contribution in [2.45, 2.75) is 50.2 Å². The molecule has 1 spiro atoms. The zero-order chi connectivity index (χ0) is 22.5. The van der Waals surface area contributed by atoms with Crippen molar-refractivity contribution in [1.29, 1.82) is 0 Å². The number of nitrogens with zero attached hydrogens (tertiary/aromatic N) is 3. The Morgan fingerprint density at radius 1 is 0.939 bits per heavy atom. The van der Waals surface area contributed by atoms with Crippen molar-refractivity contribution < 1.29 is 9.53 Å². The number of carbonyl (C=O) groups is 1. The Kier molecular flexibility index (Phi) is 7.10. The zero-order valence-corrected chi connectivity index (χ0v) is 19.7. The number of ether oxygens (including phenoxy) is 1. The molecule has 0 bridgehead atoms. The van der Waals surface area contributed by atoms with Crippen LogP contribution in [0.1, 0.15) is 36.8 Å².